The van der Waals surface area contributed by atoms with Crippen molar-refractivity contribution in [1.29, 1.82) is 0 Å². The Morgan fingerprint density at radius 2 is 2.29 bits per heavy atom. The fraction of sp³-hybridized carbons (Fsp3) is 0.500. The van der Waals surface area contributed by atoms with Crippen LogP contribution in [0.3, 0.4) is 0 Å². The molecule has 0 amide bonds. The number of nitrogens with zero attached hydrogens (tertiary/aromatic N) is 2. The molecule has 1 atom stereocenters. The van der Waals surface area contributed by atoms with E-state index in [2.05, 4.69) is 15.3 Å². The van der Waals surface area contributed by atoms with Crippen molar-refractivity contribution in [3.05, 3.63) is 17.0 Å². The fourth-order valence-electron chi connectivity index (χ4n) is 0.910. The predicted octanol–water partition coefficient (Wildman–Crippen LogP) is 0.204. The Bertz CT molecular complexity index is 288. The number of aryl methyl sites for hydroxylation is 1. The SMILES string of the molecule is Cc1cc(NC[C@@H](O)CO)nc(Cl)n1. The van der Waals surface area contributed by atoms with E-state index in [1.165, 1.54) is 0 Å². The van der Waals surface area contributed by atoms with Crippen LogP contribution >= 0.6 is 11.6 Å². The maximum Gasteiger partial charge on any atom is 0.224 e. The summed E-state index contributed by atoms with van der Waals surface area (Å²) in [7, 11) is 0. The highest BCUT2D eigenvalue weighted by atomic mass is 35.5. The first-order valence-corrected chi connectivity index (χ1v) is 4.53. The number of aromatic nitrogens is 2. The van der Waals surface area contributed by atoms with Gasteiger partial charge in [0.15, 0.2) is 0 Å². The van der Waals surface area contributed by atoms with Crippen molar-refractivity contribution < 1.29 is 10.2 Å². The summed E-state index contributed by atoms with van der Waals surface area (Å²) in [5, 5.41) is 20.6. The van der Waals surface area contributed by atoms with Gasteiger partial charge >= 0.3 is 0 Å². The summed E-state index contributed by atoms with van der Waals surface area (Å²) in [6.07, 6.45) is -0.802. The molecular formula is C8H12ClN3O2. The number of aliphatic hydroxyl groups excluding tert-OH is 2. The third-order valence-corrected chi connectivity index (χ3v) is 1.73. The largest absolute Gasteiger partial charge is 0.394 e. The average Bonchev–Trinajstić information content (AvgIpc) is 2.12. The van der Waals surface area contributed by atoms with Crippen LogP contribution in [0, 0.1) is 6.92 Å². The molecule has 0 saturated carbocycles. The number of hydrogen-bond acceptors (Lipinski definition) is 5. The van der Waals surface area contributed by atoms with E-state index in [1.807, 2.05) is 0 Å². The number of hydrogen-bond donors (Lipinski definition) is 3. The number of halogens is 1. The summed E-state index contributed by atoms with van der Waals surface area (Å²) < 4.78 is 0. The molecule has 0 unspecified atom stereocenters. The second kappa shape index (κ2) is 5.09. The molecule has 0 bridgehead atoms. The van der Waals surface area contributed by atoms with Crippen LogP contribution in [0.1, 0.15) is 5.69 Å². The fourth-order valence-corrected chi connectivity index (χ4v) is 1.13. The van der Waals surface area contributed by atoms with Crippen LogP contribution in [-0.2, 0) is 0 Å². The molecule has 1 aromatic heterocycles. The van der Waals surface area contributed by atoms with E-state index < -0.39 is 6.10 Å². The van der Waals surface area contributed by atoms with Gasteiger partial charge < -0.3 is 15.5 Å². The van der Waals surface area contributed by atoms with Crippen molar-refractivity contribution >= 4 is 17.4 Å². The van der Waals surface area contributed by atoms with E-state index in [0.29, 0.717) is 5.82 Å². The predicted molar refractivity (Wildman–Crippen MR) is 53.4 cm³/mol. The Morgan fingerprint density at radius 3 is 2.86 bits per heavy atom. The molecule has 3 N–H and O–H groups in total. The zero-order valence-electron chi connectivity index (χ0n) is 7.74. The molecular weight excluding hydrogens is 206 g/mol. The van der Waals surface area contributed by atoms with Gasteiger partial charge in [0.1, 0.15) is 5.82 Å². The van der Waals surface area contributed by atoms with Gasteiger partial charge in [0, 0.05) is 18.3 Å². The van der Waals surface area contributed by atoms with Crippen LogP contribution in [0.5, 0.6) is 0 Å². The Morgan fingerprint density at radius 1 is 1.57 bits per heavy atom. The van der Waals surface area contributed by atoms with Gasteiger partial charge in [-0.15, -0.1) is 0 Å². The quantitative estimate of drug-likeness (QED) is 0.629. The topological polar surface area (TPSA) is 78.3 Å². The summed E-state index contributed by atoms with van der Waals surface area (Å²) in [6.45, 7) is 1.73. The first-order valence-electron chi connectivity index (χ1n) is 4.16. The molecule has 78 valence electrons. The van der Waals surface area contributed by atoms with Crippen LogP contribution in [0.4, 0.5) is 5.82 Å². The average molecular weight is 218 g/mol. The third kappa shape index (κ3) is 3.45. The van der Waals surface area contributed by atoms with Gasteiger partial charge in [-0.1, -0.05) is 0 Å². The molecule has 0 aliphatic heterocycles. The molecule has 0 saturated heterocycles. The van der Waals surface area contributed by atoms with Gasteiger partial charge in [-0.2, -0.15) is 0 Å². The summed E-state index contributed by atoms with van der Waals surface area (Å²) >= 11 is 5.63. The second-order valence-electron chi connectivity index (χ2n) is 2.88. The maximum absolute atomic E-state index is 9.07. The summed E-state index contributed by atoms with van der Waals surface area (Å²) in [5.74, 6) is 0.537. The van der Waals surface area contributed by atoms with E-state index in [0.717, 1.165) is 5.69 Å². The van der Waals surface area contributed by atoms with Crippen LogP contribution < -0.4 is 5.32 Å². The third-order valence-electron chi connectivity index (χ3n) is 1.56. The van der Waals surface area contributed by atoms with Crippen molar-refractivity contribution in [3.8, 4) is 0 Å². The van der Waals surface area contributed by atoms with Crippen molar-refractivity contribution in [2.75, 3.05) is 18.5 Å². The molecule has 14 heavy (non-hydrogen) atoms. The van der Waals surface area contributed by atoms with E-state index in [9.17, 15) is 0 Å². The number of anilines is 1. The highest BCUT2D eigenvalue weighted by Crippen LogP contribution is 2.09. The molecule has 6 heteroatoms. The normalized spacial score (nSPS) is 12.6. The van der Waals surface area contributed by atoms with Crippen LogP contribution in [0.25, 0.3) is 0 Å². The summed E-state index contributed by atoms with van der Waals surface area (Å²) in [6, 6.07) is 1.70. The van der Waals surface area contributed by atoms with Gasteiger partial charge in [0.05, 0.1) is 12.7 Å². The van der Waals surface area contributed by atoms with Crippen LogP contribution in [-0.4, -0.2) is 39.4 Å². The minimum atomic E-state index is -0.802. The van der Waals surface area contributed by atoms with Crippen LogP contribution in [0.15, 0.2) is 6.07 Å². The molecule has 0 radical (unpaired) electrons. The lowest BCUT2D eigenvalue weighted by Gasteiger charge is -2.09. The standard InChI is InChI=1S/C8H12ClN3O2/c1-5-2-7(12-8(9)11-5)10-3-6(14)4-13/h2,6,13-14H,3-4H2,1H3,(H,10,11,12)/t6-/m1/s1. The molecule has 1 aromatic rings. The smallest absolute Gasteiger partial charge is 0.224 e. The van der Waals surface area contributed by atoms with E-state index in [-0.39, 0.29) is 18.4 Å². The molecule has 0 aromatic carbocycles. The van der Waals surface area contributed by atoms with E-state index in [1.54, 1.807) is 13.0 Å². The maximum atomic E-state index is 9.07. The molecule has 1 heterocycles. The Balaban J connectivity index is 2.58. The van der Waals surface area contributed by atoms with E-state index >= 15 is 0 Å². The molecule has 5 nitrogen and oxygen atoms in total. The van der Waals surface area contributed by atoms with Gasteiger partial charge in [0.2, 0.25) is 5.28 Å². The van der Waals surface area contributed by atoms with Crippen molar-refractivity contribution in [2.45, 2.75) is 13.0 Å². The van der Waals surface area contributed by atoms with Crippen LogP contribution in [0.2, 0.25) is 5.28 Å². The molecule has 0 aliphatic rings. The zero-order valence-corrected chi connectivity index (χ0v) is 8.49. The summed E-state index contributed by atoms with van der Waals surface area (Å²) in [4.78, 5) is 7.77. The monoisotopic (exact) mass is 217 g/mol. The van der Waals surface area contributed by atoms with Crippen molar-refractivity contribution in [1.82, 2.24) is 9.97 Å². The number of aliphatic hydroxyl groups is 2. The second-order valence-corrected chi connectivity index (χ2v) is 3.22. The molecule has 0 fully saturated rings. The van der Waals surface area contributed by atoms with Crippen molar-refractivity contribution in [2.24, 2.45) is 0 Å². The van der Waals surface area contributed by atoms with Gasteiger partial charge in [-0.05, 0) is 18.5 Å². The molecule has 0 spiro atoms. The van der Waals surface area contributed by atoms with Gasteiger partial charge in [0.25, 0.3) is 0 Å². The highest BCUT2D eigenvalue weighted by molar-refractivity contribution is 6.28. The lowest BCUT2D eigenvalue weighted by Crippen LogP contribution is -2.23. The highest BCUT2D eigenvalue weighted by Gasteiger charge is 2.03. The first kappa shape index (κ1) is 11.2. The molecule has 0 aliphatic carbocycles. The minimum Gasteiger partial charge on any atom is -0.394 e. The zero-order chi connectivity index (χ0) is 10.6. The lowest BCUT2D eigenvalue weighted by molar-refractivity contribution is 0.105. The Hall–Kier alpha value is -0.910. The Kier molecular flexibility index (Phi) is 4.06. The molecule has 1 rings (SSSR count). The van der Waals surface area contributed by atoms with E-state index in [4.69, 9.17) is 21.8 Å². The number of nitrogens with one attached hydrogen (secondary N) is 1. The van der Waals surface area contributed by atoms with Gasteiger partial charge in [-0.3, -0.25) is 0 Å². The first-order chi connectivity index (χ1) is 6.61. The Labute approximate surface area is 86.8 Å². The van der Waals surface area contributed by atoms with Gasteiger partial charge in [-0.25, -0.2) is 9.97 Å². The van der Waals surface area contributed by atoms with Crippen molar-refractivity contribution in [3.63, 3.8) is 0 Å². The summed E-state index contributed by atoms with van der Waals surface area (Å²) in [5.41, 5.74) is 0.742. The lowest BCUT2D eigenvalue weighted by atomic mass is 10.3. The number of rotatable bonds is 4. The minimum absolute atomic E-state index is 0.158.